The molecule has 2 heterocycles. The number of aryl methyl sites for hydroxylation is 1. The van der Waals surface area contributed by atoms with Gasteiger partial charge in [-0.3, -0.25) is 14.9 Å². The van der Waals surface area contributed by atoms with Crippen LogP contribution in [0.5, 0.6) is 0 Å². The van der Waals surface area contributed by atoms with Gasteiger partial charge >= 0.3 is 0 Å². The number of thiophene rings is 1. The van der Waals surface area contributed by atoms with E-state index in [1.54, 1.807) is 31.3 Å². The highest BCUT2D eigenvalue weighted by molar-refractivity contribution is 7.20. The molecule has 3 aromatic rings. The van der Waals surface area contributed by atoms with Gasteiger partial charge in [-0.2, -0.15) is 5.26 Å². The van der Waals surface area contributed by atoms with Gasteiger partial charge in [-0.1, -0.05) is 29.3 Å². The van der Waals surface area contributed by atoms with E-state index in [1.165, 1.54) is 0 Å². The Morgan fingerprint density at radius 2 is 2.16 bits per heavy atom. The molecule has 1 aromatic carbocycles. The summed E-state index contributed by atoms with van der Waals surface area (Å²) in [4.78, 5) is 32.2. The minimum absolute atomic E-state index is 0.293. The number of aromatic nitrogens is 2. The largest absolute Gasteiger partial charge is 0.310 e. The molecule has 0 aliphatic rings. The van der Waals surface area contributed by atoms with Gasteiger partial charge in [0.15, 0.2) is 6.19 Å². The van der Waals surface area contributed by atoms with Crippen molar-refractivity contribution in [1.29, 1.82) is 5.26 Å². The number of benzene rings is 1. The third-order valence-electron chi connectivity index (χ3n) is 3.58. The molecule has 0 unspecified atom stereocenters. The van der Waals surface area contributed by atoms with Gasteiger partial charge in [0.2, 0.25) is 0 Å². The van der Waals surface area contributed by atoms with Crippen LogP contribution < -0.4 is 10.9 Å². The van der Waals surface area contributed by atoms with E-state index in [9.17, 15) is 9.59 Å². The Labute approximate surface area is 156 Å². The predicted molar refractivity (Wildman–Crippen MR) is 97.3 cm³/mol. The number of carbonyl (C=O) groups is 1. The number of rotatable bonds is 3. The molecule has 0 bridgehead atoms. The van der Waals surface area contributed by atoms with Gasteiger partial charge in [0, 0.05) is 6.42 Å². The summed E-state index contributed by atoms with van der Waals surface area (Å²) in [6.07, 6.45) is 1.94. The molecular weight excluding hydrogens is 383 g/mol. The summed E-state index contributed by atoms with van der Waals surface area (Å²) < 4.78 is 0. The van der Waals surface area contributed by atoms with Crippen LogP contribution in [0.15, 0.2) is 23.0 Å². The van der Waals surface area contributed by atoms with Crippen molar-refractivity contribution in [1.82, 2.24) is 15.3 Å². The summed E-state index contributed by atoms with van der Waals surface area (Å²) in [6.45, 7) is 1.65. The Balaban J connectivity index is 2.04. The fourth-order valence-corrected chi connectivity index (χ4v) is 3.86. The lowest BCUT2D eigenvalue weighted by atomic mass is 10.1. The summed E-state index contributed by atoms with van der Waals surface area (Å²) >= 11 is 13.0. The third-order valence-corrected chi connectivity index (χ3v) is 5.50. The molecule has 0 saturated carbocycles. The van der Waals surface area contributed by atoms with Gasteiger partial charge < -0.3 is 4.98 Å². The topological polar surface area (TPSA) is 98.6 Å². The van der Waals surface area contributed by atoms with E-state index >= 15 is 0 Å². The zero-order valence-electron chi connectivity index (χ0n) is 12.8. The average molecular weight is 393 g/mol. The van der Waals surface area contributed by atoms with Crippen molar-refractivity contribution in [2.24, 2.45) is 0 Å². The molecule has 25 heavy (non-hydrogen) atoms. The Morgan fingerprint density at radius 1 is 1.40 bits per heavy atom. The van der Waals surface area contributed by atoms with E-state index in [-0.39, 0.29) is 5.56 Å². The minimum Gasteiger partial charge on any atom is -0.310 e. The highest BCUT2D eigenvalue weighted by Crippen LogP contribution is 2.27. The molecule has 6 nitrogen and oxygen atoms in total. The maximum absolute atomic E-state index is 12.4. The van der Waals surface area contributed by atoms with Crippen LogP contribution in [0.2, 0.25) is 10.0 Å². The van der Waals surface area contributed by atoms with E-state index in [0.717, 1.165) is 16.9 Å². The van der Waals surface area contributed by atoms with Crippen LogP contribution in [0.25, 0.3) is 10.2 Å². The lowest BCUT2D eigenvalue weighted by Gasteiger charge is -2.03. The smallest absolute Gasteiger partial charge is 0.274 e. The van der Waals surface area contributed by atoms with E-state index in [0.29, 0.717) is 42.9 Å². The second-order valence-electron chi connectivity index (χ2n) is 5.24. The Bertz CT molecular complexity index is 1100. The van der Waals surface area contributed by atoms with Crippen molar-refractivity contribution >= 4 is 50.7 Å². The molecule has 0 atom stereocenters. The number of hydrogen-bond donors (Lipinski definition) is 2. The monoisotopic (exact) mass is 392 g/mol. The van der Waals surface area contributed by atoms with Crippen LogP contribution in [0.4, 0.5) is 0 Å². The summed E-state index contributed by atoms with van der Waals surface area (Å²) in [5.74, 6) is -0.0992. The first-order chi connectivity index (χ1) is 11.9. The minimum atomic E-state index is -0.548. The first-order valence-corrected chi connectivity index (χ1v) is 8.63. The summed E-state index contributed by atoms with van der Waals surface area (Å²) in [6, 6.07) is 5.18. The second-order valence-corrected chi connectivity index (χ2v) is 7.05. The number of nitrogens with one attached hydrogen (secondary N) is 2. The first-order valence-electron chi connectivity index (χ1n) is 7.06. The summed E-state index contributed by atoms with van der Waals surface area (Å²) in [7, 11) is 0. The van der Waals surface area contributed by atoms with Crippen molar-refractivity contribution in [3.63, 3.8) is 0 Å². The standard InChI is InChI=1S/C16H10Cl2N4O2S/c1-7-12-14(23)21-11(5-8-2-3-9(17)10(18)4-8)22-16(12)25-13(7)15(24)20-6-19/h2-4H,5H2,1H3,(H,20,24)(H,21,22,23). The first kappa shape index (κ1) is 17.4. The molecule has 2 N–H and O–H groups in total. The van der Waals surface area contributed by atoms with Crippen LogP contribution in [-0.4, -0.2) is 15.9 Å². The third kappa shape index (κ3) is 3.37. The van der Waals surface area contributed by atoms with Crippen LogP contribution in [0.3, 0.4) is 0 Å². The van der Waals surface area contributed by atoms with Gasteiger partial charge in [0.25, 0.3) is 11.5 Å². The number of nitrogens with zero attached hydrogens (tertiary/aromatic N) is 2. The van der Waals surface area contributed by atoms with Crippen molar-refractivity contribution in [2.75, 3.05) is 0 Å². The fraction of sp³-hybridized carbons (Fsp3) is 0.125. The number of amides is 1. The maximum Gasteiger partial charge on any atom is 0.274 e. The van der Waals surface area contributed by atoms with Crippen molar-refractivity contribution < 1.29 is 4.79 Å². The molecule has 126 valence electrons. The highest BCUT2D eigenvalue weighted by Gasteiger charge is 2.19. The average Bonchev–Trinajstić information content (AvgIpc) is 2.88. The quantitative estimate of drug-likeness (QED) is 0.526. The summed E-state index contributed by atoms with van der Waals surface area (Å²) in [5.41, 5.74) is 1.01. The molecule has 0 radical (unpaired) electrons. The molecule has 2 aromatic heterocycles. The van der Waals surface area contributed by atoms with Crippen LogP contribution in [0, 0.1) is 18.4 Å². The second kappa shape index (κ2) is 6.84. The van der Waals surface area contributed by atoms with E-state index in [2.05, 4.69) is 15.3 Å². The van der Waals surface area contributed by atoms with Gasteiger partial charge in [-0.05, 0) is 30.2 Å². The molecule has 3 rings (SSSR count). The van der Waals surface area contributed by atoms with Crippen molar-refractivity contribution in [3.05, 3.63) is 60.4 Å². The number of H-pyrrole nitrogens is 1. The highest BCUT2D eigenvalue weighted by atomic mass is 35.5. The number of halogens is 2. The molecule has 9 heteroatoms. The fourth-order valence-electron chi connectivity index (χ4n) is 2.44. The molecule has 0 saturated heterocycles. The lowest BCUT2D eigenvalue weighted by Crippen LogP contribution is -2.17. The molecule has 0 aliphatic heterocycles. The molecule has 0 spiro atoms. The maximum atomic E-state index is 12.4. The zero-order valence-corrected chi connectivity index (χ0v) is 15.1. The Kier molecular flexibility index (Phi) is 4.77. The predicted octanol–water partition coefficient (Wildman–Crippen LogP) is 3.40. The molecule has 0 fully saturated rings. The Morgan fingerprint density at radius 3 is 2.84 bits per heavy atom. The molecule has 0 aliphatic carbocycles. The van der Waals surface area contributed by atoms with E-state index < -0.39 is 5.91 Å². The van der Waals surface area contributed by atoms with Crippen molar-refractivity contribution in [2.45, 2.75) is 13.3 Å². The molecule has 1 amide bonds. The molecular formula is C16H10Cl2N4O2S. The van der Waals surface area contributed by atoms with Crippen LogP contribution in [0.1, 0.15) is 26.6 Å². The zero-order chi connectivity index (χ0) is 18.1. The Hall–Kier alpha value is -2.40. The van der Waals surface area contributed by atoms with E-state index in [4.69, 9.17) is 28.5 Å². The number of carbonyl (C=O) groups excluding carboxylic acids is 1. The van der Waals surface area contributed by atoms with Gasteiger partial charge in [-0.25, -0.2) is 4.98 Å². The van der Waals surface area contributed by atoms with Gasteiger partial charge in [0.05, 0.1) is 20.3 Å². The number of fused-ring (bicyclic) bond motifs is 1. The SMILES string of the molecule is Cc1c(C(=O)NC#N)sc2nc(Cc3ccc(Cl)c(Cl)c3)[nH]c(=O)c12. The lowest BCUT2D eigenvalue weighted by molar-refractivity contribution is 0.0976. The number of aromatic amines is 1. The van der Waals surface area contributed by atoms with Gasteiger partial charge in [0.1, 0.15) is 10.7 Å². The summed E-state index contributed by atoms with van der Waals surface area (Å²) in [5, 5.41) is 11.9. The van der Waals surface area contributed by atoms with Crippen LogP contribution >= 0.6 is 34.5 Å². The number of nitriles is 1. The number of hydrogen-bond acceptors (Lipinski definition) is 5. The normalized spacial score (nSPS) is 10.6. The van der Waals surface area contributed by atoms with E-state index in [1.807, 2.05) is 0 Å². The van der Waals surface area contributed by atoms with Crippen molar-refractivity contribution in [3.8, 4) is 6.19 Å². The van der Waals surface area contributed by atoms with Crippen LogP contribution in [-0.2, 0) is 6.42 Å². The van der Waals surface area contributed by atoms with Gasteiger partial charge in [-0.15, -0.1) is 11.3 Å².